The highest BCUT2D eigenvalue weighted by Crippen LogP contribution is 2.15. The molecule has 0 fully saturated rings. The molecule has 1 aromatic rings. The van der Waals surface area contributed by atoms with Gasteiger partial charge in [0.05, 0.1) is 0 Å². The SMILES string of the molecule is CC(CCCN)C(=O)N(C)c1ccncc1. The van der Waals surface area contributed by atoms with E-state index in [1.807, 2.05) is 19.1 Å². The standard InChI is InChI=1S/C12H19N3O/c1-10(4-3-7-13)12(16)15(2)11-5-8-14-9-6-11/h5-6,8-10H,3-4,7,13H2,1-2H3. The lowest BCUT2D eigenvalue weighted by atomic mass is 10.0. The molecule has 1 atom stereocenters. The molecule has 0 aromatic carbocycles. The van der Waals surface area contributed by atoms with Crippen LogP contribution in [0.3, 0.4) is 0 Å². The molecule has 88 valence electrons. The minimum atomic E-state index is 0.0155. The van der Waals surface area contributed by atoms with Crippen molar-refractivity contribution in [3.05, 3.63) is 24.5 Å². The van der Waals surface area contributed by atoms with Gasteiger partial charge in [-0.3, -0.25) is 9.78 Å². The molecule has 1 rings (SSSR count). The summed E-state index contributed by atoms with van der Waals surface area (Å²) in [7, 11) is 1.79. The molecule has 0 spiro atoms. The van der Waals surface area contributed by atoms with Crippen molar-refractivity contribution in [2.45, 2.75) is 19.8 Å². The van der Waals surface area contributed by atoms with Gasteiger partial charge in [0, 0.05) is 31.0 Å². The molecule has 1 heterocycles. The van der Waals surface area contributed by atoms with Gasteiger partial charge in [-0.05, 0) is 31.5 Å². The summed E-state index contributed by atoms with van der Waals surface area (Å²) >= 11 is 0. The van der Waals surface area contributed by atoms with E-state index in [2.05, 4.69) is 4.98 Å². The zero-order valence-electron chi connectivity index (χ0n) is 9.89. The summed E-state index contributed by atoms with van der Waals surface area (Å²) in [5.41, 5.74) is 6.31. The van der Waals surface area contributed by atoms with Crippen LogP contribution in [0.25, 0.3) is 0 Å². The fourth-order valence-corrected chi connectivity index (χ4v) is 1.57. The number of carbonyl (C=O) groups excluding carboxylic acids is 1. The van der Waals surface area contributed by atoms with Gasteiger partial charge in [-0.25, -0.2) is 0 Å². The van der Waals surface area contributed by atoms with E-state index in [0.29, 0.717) is 6.54 Å². The Balaban J connectivity index is 2.60. The Morgan fingerprint density at radius 2 is 2.12 bits per heavy atom. The Morgan fingerprint density at radius 3 is 2.69 bits per heavy atom. The van der Waals surface area contributed by atoms with Crippen molar-refractivity contribution < 1.29 is 4.79 Å². The van der Waals surface area contributed by atoms with Gasteiger partial charge in [0.15, 0.2) is 0 Å². The molecule has 0 aliphatic carbocycles. The molecule has 4 heteroatoms. The predicted molar refractivity (Wildman–Crippen MR) is 65.1 cm³/mol. The average molecular weight is 221 g/mol. The number of hydrogen-bond donors (Lipinski definition) is 1. The molecule has 1 unspecified atom stereocenters. The maximum absolute atomic E-state index is 12.0. The second-order valence-corrected chi connectivity index (χ2v) is 3.93. The predicted octanol–water partition coefficient (Wildman–Crippen LogP) is 1.42. The molecule has 0 saturated heterocycles. The van der Waals surface area contributed by atoms with Crippen molar-refractivity contribution in [3.8, 4) is 0 Å². The van der Waals surface area contributed by atoms with Crippen LogP contribution in [0, 0.1) is 5.92 Å². The van der Waals surface area contributed by atoms with Crippen molar-refractivity contribution in [2.24, 2.45) is 11.7 Å². The van der Waals surface area contributed by atoms with Crippen LogP contribution < -0.4 is 10.6 Å². The van der Waals surface area contributed by atoms with Gasteiger partial charge in [-0.2, -0.15) is 0 Å². The third-order valence-corrected chi connectivity index (χ3v) is 2.64. The van der Waals surface area contributed by atoms with Crippen LogP contribution in [0.2, 0.25) is 0 Å². The Kier molecular flexibility index (Phi) is 4.92. The van der Waals surface area contributed by atoms with Crippen LogP contribution in [0.1, 0.15) is 19.8 Å². The first-order chi connectivity index (χ1) is 7.66. The largest absolute Gasteiger partial charge is 0.330 e. The molecular formula is C12H19N3O. The summed E-state index contributed by atoms with van der Waals surface area (Å²) in [6.07, 6.45) is 5.09. The lowest BCUT2D eigenvalue weighted by molar-refractivity contribution is -0.121. The van der Waals surface area contributed by atoms with Crippen molar-refractivity contribution >= 4 is 11.6 Å². The molecule has 2 N–H and O–H groups in total. The van der Waals surface area contributed by atoms with Gasteiger partial charge in [0.2, 0.25) is 5.91 Å². The van der Waals surface area contributed by atoms with Gasteiger partial charge in [-0.1, -0.05) is 6.92 Å². The number of hydrogen-bond acceptors (Lipinski definition) is 3. The molecule has 0 aliphatic rings. The van der Waals surface area contributed by atoms with E-state index in [1.54, 1.807) is 24.3 Å². The molecular weight excluding hydrogens is 202 g/mol. The Labute approximate surface area is 96.5 Å². The number of amides is 1. The first-order valence-corrected chi connectivity index (χ1v) is 5.54. The van der Waals surface area contributed by atoms with Gasteiger partial charge >= 0.3 is 0 Å². The number of carbonyl (C=O) groups is 1. The topological polar surface area (TPSA) is 59.2 Å². The first kappa shape index (κ1) is 12.6. The van der Waals surface area contributed by atoms with Gasteiger partial charge in [-0.15, -0.1) is 0 Å². The zero-order valence-corrected chi connectivity index (χ0v) is 9.89. The quantitative estimate of drug-likeness (QED) is 0.818. The number of rotatable bonds is 5. The fraction of sp³-hybridized carbons (Fsp3) is 0.500. The summed E-state index contributed by atoms with van der Waals surface area (Å²) in [6, 6.07) is 3.65. The van der Waals surface area contributed by atoms with Crippen LogP contribution in [0.4, 0.5) is 5.69 Å². The Hall–Kier alpha value is -1.42. The molecule has 1 amide bonds. The Morgan fingerprint density at radius 1 is 1.50 bits per heavy atom. The minimum absolute atomic E-state index is 0.0155. The number of aromatic nitrogens is 1. The Bertz CT molecular complexity index is 326. The molecule has 0 saturated carbocycles. The third-order valence-electron chi connectivity index (χ3n) is 2.64. The van der Waals surface area contributed by atoms with Crippen LogP contribution >= 0.6 is 0 Å². The average Bonchev–Trinajstić information content (AvgIpc) is 2.35. The van der Waals surface area contributed by atoms with Gasteiger partial charge in [0.25, 0.3) is 0 Å². The summed E-state index contributed by atoms with van der Waals surface area (Å²) in [5, 5.41) is 0. The lowest BCUT2D eigenvalue weighted by Crippen LogP contribution is -2.31. The second kappa shape index (κ2) is 6.23. The molecule has 0 radical (unpaired) electrons. The number of anilines is 1. The van der Waals surface area contributed by atoms with E-state index in [1.165, 1.54) is 0 Å². The van der Waals surface area contributed by atoms with E-state index in [9.17, 15) is 4.79 Å². The number of nitrogens with two attached hydrogens (primary N) is 1. The van der Waals surface area contributed by atoms with Crippen LogP contribution in [0.15, 0.2) is 24.5 Å². The van der Waals surface area contributed by atoms with Crippen molar-refractivity contribution in [1.82, 2.24) is 4.98 Å². The number of pyridine rings is 1. The molecule has 16 heavy (non-hydrogen) atoms. The highest BCUT2D eigenvalue weighted by Gasteiger charge is 2.17. The van der Waals surface area contributed by atoms with Crippen molar-refractivity contribution in [1.29, 1.82) is 0 Å². The van der Waals surface area contributed by atoms with E-state index < -0.39 is 0 Å². The molecule has 1 aromatic heterocycles. The van der Waals surface area contributed by atoms with Gasteiger partial charge < -0.3 is 10.6 Å². The summed E-state index contributed by atoms with van der Waals surface area (Å²) < 4.78 is 0. The van der Waals surface area contributed by atoms with Crippen LogP contribution in [0.5, 0.6) is 0 Å². The highest BCUT2D eigenvalue weighted by molar-refractivity contribution is 5.94. The lowest BCUT2D eigenvalue weighted by Gasteiger charge is -2.21. The van der Waals surface area contributed by atoms with E-state index in [-0.39, 0.29) is 11.8 Å². The zero-order chi connectivity index (χ0) is 12.0. The summed E-state index contributed by atoms with van der Waals surface area (Å²) in [6.45, 7) is 2.58. The minimum Gasteiger partial charge on any atom is -0.330 e. The van der Waals surface area contributed by atoms with Crippen LogP contribution in [-0.4, -0.2) is 24.5 Å². The normalized spacial score (nSPS) is 12.2. The summed E-state index contributed by atoms with van der Waals surface area (Å²) in [5.74, 6) is 0.140. The highest BCUT2D eigenvalue weighted by atomic mass is 16.2. The molecule has 4 nitrogen and oxygen atoms in total. The monoisotopic (exact) mass is 221 g/mol. The third kappa shape index (κ3) is 3.31. The fourth-order valence-electron chi connectivity index (χ4n) is 1.57. The maximum atomic E-state index is 12.0. The first-order valence-electron chi connectivity index (χ1n) is 5.54. The van der Waals surface area contributed by atoms with Crippen molar-refractivity contribution in [2.75, 3.05) is 18.5 Å². The van der Waals surface area contributed by atoms with E-state index in [4.69, 9.17) is 5.73 Å². The smallest absolute Gasteiger partial charge is 0.229 e. The summed E-state index contributed by atoms with van der Waals surface area (Å²) in [4.78, 5) is 17.6. The second-order valence-electron chi connectivity index (χ2n) is 3.93. The van der Waals surface area contributed by atoms with E-state index >= 15 is 0 Å². The van der Waals surface area contributed by atoms with Crippen LogP contribution in [-0.2, 0) is 4.79 Å². The van der Waals surface area contributed by atoms with Gasteiger partial charge in [0.1, 0.15) is 0 Å². The molecule has 0 bridgehead atoms. The number of nitrogens with zero attached hydrogens (tertiary/aromatic N) is 2. The van der Waals surface area contributed by atoms with E-state index in [0.717, 1.165) is 18.5 Å². The maximum Gasteiger partial charge on any atom is 0.229 e. The molecule has 0 aliphatic heterocycles. The van der Waals surface area contributed by atoms with Crippen molar-refractivity contribution in [3.63, 3.8) is 0 Å².